The van der Waals surface area contributed by atoms with Gasteiger partial charge >= 0.3 is 6.61 Å². The summed E-state index contributed by atoms with van der Waals surface area (Å²) in [6.07, 6.45) is 5.37. The van der Waals surface area contributed by atoms with Gasteiger partial charge in [0.1, 0.15) is 5.75 Å². The Labute approximate surface area is 192 Å². The van der Waals surface area contributed by atoms with Crippen LogP contribution >= 0.6 is 0 Å². The average molecular weight is 458 g/mol. The molecule has 2 fully saturated rings. The average Bonchev–Trinajstić information content (AvgIpc) is 3.33. The summed E-state index contributed by atoms with van der Waals surface area (Å²) in [5, 5.41) is 3.19. The van der Waals surface area contributed by atoms with Crippen molar-refractivity contribution in [1.82, 2.24) is 9.80 Å². The predicted molar refractivity (Wildman–Crippen MR) is 122 cm³/mol. The molecule has 2 aliphatic rings. The molecule has 1 heterocycles. The van der Waals surface area contributed by atoms with Gasteiger partial charge < -0.3 is 19.9 Å². The molecule has 1 aliphatic heterocycles. The summed E-state index contributed by atoms with van der Waals surface area (Å²) in [5.74, 6) is 0.695. The topological polar surface area (TPSA) is 61.9 Å². The van der Waals surface area contributed by atoms with Crippen LogP contribution in [0.2, 0.25) is 0 Å². The Balaban J connectivity index is 1.35. The van der Waals surface area contributed by atoms with Gasteiger partial charge in [-0.05, 0) is 55.2 Å². The standard InChI is InChI=1S/C25H29F2N3O3/c26-25(27)33-20-11-9-19(10-12-20)28-22-8-4-3-7-21(22)24(32)30-15-13-29(14-16-30)23(31)17-18-5-1-2-6-18/h3-4,7-12,18,25,28H,1-2,5-6,13-17H2. The second kappa shape index (κ2) is 10.6. The maximum atomic E-state index is 13.2. The molecule has 6 nitrogen and oxygen atoms in total. The number of ether oxygens (including phenoxy) is 1. The van der Waals surface area contributed by atoms with Gasteiger partial charge in [0, 0.05) is 38.3 Å². The van der Waals surface area contributed by atoms with E-state index >= 15 is 0 Å². The third-order valence-corrected chi connectivity index (χ3v) is 6.37. The van der Waals surface area contributed by atoms with Crippen LogP contribution < -0.4 is 10.1 Å². The van der Waals surface area contributed by atoms with Crippen LogP contribution in [0, 0.1) is 5.92 Å². The first-order chi connectivity index (χ1) is 16.0. The molecule has 8 heteroatoms. The van der Waals surface area contributed by atoms with Gasteiger partial charge in [-0.25, -0.2) is 0 Å². The van der Waals surface area contributed by atoms with Crippen LogP contribution in [-0.4, -0.2) is 54.4 Å². The number of piperazine rings is 1. The molecule has 1 saturated carbocycles. The number of anilines is 2. The first kappa shape index (κ1) is 23.0. The smallest absolute Gasteiger partial charge is 0.387 e. The number of nitrogens with one attached hydrogen (secondary N) is 1. The first-order valence-electron chi connectivity index (χ1n) is 11.5. The van der Waals surface area contributed by atoms with Crippen molar-refractivity contribution in [3.05, 3.63) is 54.1 Å². The monoisotopic (exact) mass is 457 g/mol. The van der Waals surface area contributed by atoms with Gasteiger partial charge in [0.15, 0.2) is 0 Å². The largest absolute Gasteiger partial charge is 0.435 e. The van der Waals surface area contributed by atoms with E-state index in [0.717, 1.165) is 12.8 Å². The van der Waals surface area contributed by atoms with Crippen molar-refractivity contribution in [1.29, 1.82) is 0 Å². The summed E-state index contributed by atoms with van der Waals surface area (Å²) < 4.78 is 29.1. The molecule has 0 aromatic heterocycles. The lowest BCUT2D eigenvalue weighted by molar-refractivity contribution is -0.133. The Morgan fingerprint density at radius 1 is 0.939 bits per heavy atom. The SMILES string of the molecule is O=C(CC1CCCC1)N1CCN(C(=O)c2ccccc2Nc2ccc(OC(F)F)cc2)CC1. The maximum absolute atomic E-state index is 13.2. The number of amides is 2. The fourth-order valence-corrected chi connectivity index (χ4v) is 4.57. The molecule has 1 saturated heterocycles. The van der Waals surface area contributed by atoms with Gasteiger partial charge in [-0.15, -0.1) is 0 Å². The molecule has 1 aliphatic carbocycles. The molecule has 0 bridgehead atoms. The van der Waals surface area contributed by atoms with Crippen molar-refractivity contribution in [2.45, 2.75) is 38.7 Å². The van der Waals surface area contributed by atoms with Crippen LogP contribution in [0.25, 0.3) is 0 Å². The van der Waals surface area contributed by atoms with E-state index in [2.05, 4.69) is 10.1 Å². The highest BCUT2D eigenvalue weighted by Gasteiger charge is 2.28. The lowest BCUT2D eigenvalue weighted by Gasteiger charge is -2.35. The Hall–Kier alpha value is -3.16. The molecule has 0 spiro atoms. The number of alkyl halides is 2. The van der Waals surface area contributed by atoms with Crippen LogP contribution in [-0.2, 0) is 4.79 Å². The summed E-state index contributed by atoms with van der Waals surface area (Å²) in [6.45, 7) is -0.760. The number of hydrogen-bond acceptors (Lipinski definition) is 4. The van der Waals surface area contributed by atoms with Crippen molar-refractivity contribution in [3.8, 4) is 5.75 Å². The summed E-state index contributed by atoms with van der Waals surface area (Å²) in [4.78, 5) is 29.5. The molecule has 176 valence electrons. The second-order valence-corrected chi connectivity index (χ2v) is 8.60. The van der Waals surface area contributed by atoms with Crippen LogP contribution in [0.3, 0.4) is 0 Å². The Morgan fingerprint density at radius 2 is 1.58 bits per heavy atom. The van der Waals surface area contributed by atoms with Crippen LogP contribution in [0.15, 0.2) is 48.5 Å². The minimum Gasteiger partial charge on any atom is -0.435 e. The summed E-state index contributed by atoms with van der Waals surface area (Å²) in [6, 6.07) is 13.3. The van der Waals surface area contributed by atoms with Crippen molar-refractivity contribution < 1.29 is 23.1 Å². The molecule has 0 radical (unpaired) electrons. The van der Waals surface area contributed by atoms with Gasteiger partial charge in [-0.3, -0.25) is 9.59 Å². The van der Waals surface area contributed by atoms with Gasteiger partial charge in [-0.1, -0.05) is 25.0 Å². The van der Waals surface area contributed by atoms with Crippen molar-refractivity contribution in [2.24, 2.45) is 5.92 Å². The highest BCUT2D eigenvalue weighted by Crippen LogP contribution is 2.29. The molecular weight excluding hydrogens is 428 g/mol. The zero-order valence-electron chi connectivity index (χ0n) is 18.5. The zero-order valence-corrected chi connectivity index (χ0v) is 18.5. The summed E-state index contributed by atoms with van der Waals surface area (Å²) in [7, 11) is 0. The van der Waals surface area contributed by atoms with Crippen LogP contribution in [0.1, 0.15) is 42.5 Å². The maximum Gasteiger partial charge on any atom is 0.387 e. The van der Waals surface area contributed by atoms with Gasteiger partial charge in [0.2, 0.25) is 5.91 Å². The van der Waals surface area contributed by atoms with E-state index < -0.39 is 6.61 Å². The van der Waals surface area contributed by atoms with E-state index in [1.54, 1.807) is 35.2 Å². The third kappa shape index (κ3) is 6.00. The fraction of sp³-hybridized carbons (Fsp3) is 0.440. The Morgan fingerprint density at radius 3 is 2.24 bits per heavy atom. The number of nitrogens with zero attached hydrogens (tertiary/aromatic N) is 2. The fourth-order valence-electron chi connectivity index (χ4n) is 4.57. The first-order valence-corrected chi connectivity index (χ1v) is 11.5. The normalized spacial score (nSPS) is 16.8. The molecule has 4 rings (SSSR count). The van der Waals surface area contributed by atoms with E-state index in [9.17, 15) is 18.4 Å². The number of benzene rings is 2. The van der Waals surface area contributed by atoms with E-state index in [1.165, 1.54) is 25.0 Å². The van der Waals surface area contributed by atoms with E-state index in [-0.39, 0.29) is 17.6 Å². The van der Waals surface area contributed by atoms with Crippen molar-refractivity contribution in [3.63, 3.8) is 0 Å². The van der Waals surface area contributed by atoms with Gasteiger partial charge in [0.05, 0.1) is 11.3 Å². The van der Waals surface area contributed by atoms with Crippen LogP contribution in [0.5, 0.6) is 5.75 Å². The van der Waals surface area contributed by atoms with Gasteiger partial charge in [-0.2, -0.15) is 8.78 Å². The summed E-state index contributed by atoms with van der Waals surface area (Å²) >= 11 is 0. The number of hydrogen-bond donors (Lipinski definition) is 1. The lowest BCUT2D eigenvalue weighted by atomic mass is 10.0. The van der Waals surface area contributed by atoms with E-state index in [1.807, 2.05) is 11.0 Å². The molecular formula is C25H29F2N3O3. The minimum absolute atomic E-state index is 0.0697. The molecule has 1 N–H and O–H groups in total. The summed E-state index contributed by atoms with van der Waals surface area (Å²) in [5.41, 5.74) is 1.81. The molecule has 2 aromatic rings. The van der Waals surface area contributed by atoms with Crippen LogP contribution in [0.4, 0.5) is 20.2 Å². The molecule has 33 heavy (non-hydrogen) atoms. The van der Waals surface area contributed by atoms with Crippen molar-refractivity contribution >= 4 is 23.2 Å². The van der Waals surface area contributed by atoms with E-state index in [0.29, 0.717) is 55.5 Å². The Kier molecular flexibility index (Phi) is 7.42. The predicted octanol–water partition coefficient (Wildman–Crippen LogP) is 4.90. The van der Waals surface area contributed by atoms with E-state index in [4.69, 9.17) is 0 Å². The molecule has 2 amide bonds. The Bertz CT molecular complexity index is 954. The number of carbonyl (C=O) groups excluding carboxylic acids is 2. The highest BCUT2D eigenvalue weighted by molar-refractivity contribution is 6.00. The van der Waals surface area contributed by atoms with Crippen molar-refractivity contribution in [2.75, 3.05) is 31.5 Å². The number of rotatable bonds is 7. The molecule has 0 atom stereocenters. The number of halogens is 2. The third-order valence-electron chi connectivity index (χ3n) is 6.37. The zero-order chi connectivity index (χ0) is 23.2. The minimum atomic E-state index is -2.87. The number of para-hydroxylation sites is 1. The van der Waals surface area contributed by atoms with Gasteiger partial charge in [0.25, 0.3) is 5.91 Å². The molecule has 0 unspecified atom stereocenters. The highest BCUT2D eigenvalue weighted by atomic mass is 19.3. The molecule has 2 aromatic carbocycles. The number of carbonyl (C=O) groups is 2. The second-order valence-electron chi connectivity index (χ2n) is 8.60. The quantitative estimate of drug-likeness (QED) is 0.643. The lowest BCUT2D eigenvalue weighted by Crippen LogP contribution is -2.50.